The molecule has 0 unspecified atom stereocenters. The summed E-state index contributed by atoms with van der Waals surface area (Å²) >= 11 is 0. The van der Waals surface area contributed by atoms with Crippen molar-refractivity contribution < 1.29 is 0 Å². The number of fused-ring (bicyclic) bond motifs is 3. The predicted molar refractivity (Wildman–Crippen MR) is 91.5 cm³/mol. The fourth-order valence-electron chi connectivity index (χ4n) is 3.06. The third-order valence-corrected chi connectivity index (χ3v) is 4.47. The maximum Gasteiger partial charge on any atom is 0.0491 e. The van der Waals surface area contributed by atoms with Crippen LogP contribution in [0.4, 0.5) is 0 Å². The molecule has 0 bridgehead atoms. The van der Waals surface area contributed by atoms with Gasteiger partial charge < -0.3 is 10.3 Å². The zero-order valence-electron chi connectivity index (χ0n) is 13.0. The van der Waals surface area contributed by atoms with Crippen molar-refractivity contribution in [2.24, 2.45) is 11.1 Å². The van der Waals surface area contributed by atoms with E-state index in [0.29, 0.717) is 0 Å². The Morgan fingerprint density at radius 1 is 0.905 bits per heavy atom. The van der Waals surface area contributed by atoms with Crippen LogP contribution in [0, 0.1) is 5.41 Å². The lowest BCUT2D eigenvalue weighted by atomic mass is 9.88. The van der Waals surface area contributed by atoms with E-state index in [9.17, 15) is 0 Å². The lowest BCUT2D eigenvalue weighted by Gasteiger charge is -2.22. The lowest BCUT2D eigenvalue weighted by molar-refractivity contribution is 0.329. The van der Waals surface area contributed by atoms with E-state index in [2.05, 4.69) is 66.9 Å². The van der Waals surface area contributed by atoms with E-state index in [1.807, 2.05) is 0 Å². The molecule has 110 valence electrons. The molecule has 0 spiro atoms. The molecule has 0 aliphatic carbocycles. The normalized spacial score (nSPS) is 12.3. The summed E-state index contributed by atoms with van der Waals surface area (Å²) in [7, 11) is 0. The lowest BCUT2D eigenvalue weighted by Crippen LogP contribution is -2.23. The van der Waals surface area contributed by atoms with Crippen LogP contribution in [-0.4, -0.2) is 11.1 Å². The largest absolute Gasteiger partial charge is 0.340 e. The molecule has 3 aromatic rings. The van der Waals surface area contributed by atoms with Crippen LogP contribution in [0.1, 0.15) is 26.7 Å². The second-order valence-corrected chi connectivity index (χ2v) is 6.66. The van der Waals surface area contributed by atoms with Gasteiger partial charge in [0, 0.05) is 28.4 Å². The maximum atomic E-state index is 5.84. The summed E-state index contributed by atoms with van der Waals surface area (Å²) in [6.07, 6.45) is 2.32. The molecule has 0 radical (unpaired) electrons. The molecule has 0 aliphatic rings. The Morgan fingerprint density at radius 3 is 1.95 bits per heavy atom. The molecule has 2 nitrogen and oxygen atoms in total. The molecular weight excluding hydrogens is 256 g/mol. The number of hydrogen-bond acceptors (Lipinski definition) is 1. The van der Waals surface area contributed by atoms with Gasteiger partial charge in [-0.25, -0.2) is 0 Å². The number of nitrogens with zero attached hydrogens (tertiary/aromatic N) is 1. The van der Waals surface area contributed by atoms with Crippen LogP contribution in [0.5, 0.6) is 0 Å². The van der Waals surface area contributed by atoms with E-state index < -0.39 is 0 Å². The first kappa shape index (κ1) is 14.2. The zero-order chi connectivity index (χ0) is 14.9. The van der Waals surface area contributed by atoms with E-state index in [-0.39, 0.29) is 5.41 Å². The minimum atomic E-state index is 0.235. The van der Waals surface area contributed by atoms with Crippen LogP contribution in [0.2, 0.25) is 0 Å². The third kappa shape index (κ3) is 2.68. The van der Waals surface area contributed by atoms with Gasteiger partial charge in [0.2, 0.25) is 0 Å². The van der Waals surface area contributed by atoms with Crippen molar-refractivity contribution in [1.82, 2.24) is 4.57 Å². The standard InChI is InChI=1S/C19H24N2/c1-19(2,14-20)12-7-13-21-17-10-5-3-8-15(17)16-9-4-6-11-18(16)21/h3-6,8-11H,7,12-14,20H2,1-2H3. The number of aryl methyl sites for hydroxylation is 1. The first-order valence-electron chi connectivity index (χ1n) is 7.78. The van der Waals surface area contributed by atoms with Gasteiger partial charge in [-0.15, -0.1) is 0 Å². The molecule has 0 saturated heterocycles. The van der Waals surface area contributed by atoms with Crippen molar-refractivity contribution in [3.05, 3.63) is 48.5 Å². The molecule has 0 atom stereocenters. The van der Waals surface area contributed by atoms with Crippen LogP contribution in [0.25, 0.3) is 21.8 Å². The van der Waals surface area contributed by atoms with Crippen LogP contribution in [0.3, 0.4) is 0 Å². The fraction of sp³-hybridized carbons (Fsp3) is 0.368. The Morgan fingerprint density at radius 2 is 1.43 bits per heavy atom. The van der Waals surface area contributed by atoms with Gasteiger partial charge in [-0.3, -0.25) is 0 Å². The van der Waals surface area contributed by atoms with E-state index in [1.165, 1.54) is 21.8 Å². The quantitative estimate of drug-likeness (QED) is 0.729. The number of hydrogen-bond donors (Lipinski definition) is 1. The summed E-state index contributed by atoms with van der Waals surface area (Å²) in [5.41, 5.74) is 8.75. The van der Waals surface area contributed by atoms with Crippen LogP contribution in [-0.2, 0) is 6.54 Å². The van der Waals surface area contributed by atoms with E-state index in [0.717, 1.165) is 25.9 Å². The number of aromatic nitrogens is 1. The van der Waals surface area contributed by atoms with Gasteiger partial charge in [0.05, 0.1) is 0 Å². The SMILES string of the molecule is CC(C)(CN)CCCn1c2ccccc2c2ccccc21. The second-order valence-electron chi connectivity index (χ2n) is 6.66. The Bertz CT molecular complexity index is 699. The summed E-state index contributed by atoms with van der Waals surface area (Å²) in [6, 6.07) is 17.4. The molecule has 2 N–H and O–H groups in total. The number of para-hydroxylation sites is 2. The van der Waals surface area contributed by atoms with Crippen molar-refractivity contribution in [3.63, 3.8) is 0 Å². The summed E-state index contributed by atoms with van der Waals surface area (Å²) in [6.45, 7) is 6.30. The van der Waals surface area contributed by atoms with Crippen LogP contribution < -0.4 is 5.73 Å². The Labute approximate surface area is 126 Å². The van der Waals surface area contributed by atoms with E-state index >= 15 is 0 Å². The molecule has 21 heavy (non-hydrogen) atoms. The summed E-state index contributed by atoms with van der Waals surface area (Å²) < 4.78 is 2.46. The number of rotatable bonds is 5. The van der Waals surface area contributed by atoms with Gasteiger partial charge in [0.25, 0.3) is 0 Å². The van der Waals surface area contributed by atoms with Crippen LogP contribution in [0.15, 0.2) is 48.5 Å². The highest BCUT2D eigenvalue weighted by Gasteiger charge is 2.15. The molecule has 1 aromatic heterocycles. The molecule has 2 aromatic carbocycles. The molecule has 0 saturated carbocycles. The van der Waals surface area contributed by atoms with Crippen molar-refractivity contribution in [3.8, 4) is 0 Å². The van der Waals surface area contributed by atoms with Gasteiger partial charge in [-0.2, -0.15) is 0 Å². The first-order valence-corrected chi connectivity index (χ1v) is 7.78. The molecule has 0 amide bonds. The fourth-order valence-corrected chi connectivity index (χ4v) is 3.06. The number of benzene rings is 2. The molecule has 0 aliphatic heterocycles. The van der Waals surface area contributed by atoms with Crippen molar-refractivity contribution in [1.29, 1.82) is 0 Å². The molecule has 0 fully saturated rings. The van der Waals surface area contributed by atoms with Gasteiger partial charge in [0.15, 0.2) is 0 Å². The minimum absolute atomic E-state index is 0.235. The zero-order valence-corrected chi connectivity index (χ0v) is 13.0. The highest BCUT2D eigenvalue weighted by atomic mass is 15.0. The topological polar surface area (TPSA) is 30.9 Å². The molecule has 3 rings (SSSR count). The minimum Gasteiger partial charge on any atom is -0.340 e. The highest BCUT2D eigenvalue weighted by Crippen LogP contribution is 2.30. The third-order valence-electron chi connectivity index (χ3n) is 4.47. The Hall–Kier alpha value is -1.80. The Balaban J connectivity index is 1.96. The smallest absolute Gasteiger partial charge is 0.0491 e. The molecule has 1 heterocycles. The average molecular weight is 280 g/mol. The number of nitrogens with two attached hydrogens (primary N) is 1. The summed E-state index contributed by atoms with van der Waals surface area (Å²) in [5, 5.41) is 2.71. The van der Waals surface area contributed by atoms with Gasteiger partial charge in [-0.05, 0) is 36.9 Å². The monoisotopic (exact) mass is 280 g/mol. The van der Waals surface area contributed by atoms with E-state index in [1.54, 1.807) is 0 Å². The van der Waals surface area contributed by atoms with Crippen molar-refractivity contribution in [2.75, 3.05) is 6.54 Å². The second kappa shape index (κ2) is 5.53. The molecule has 2 heteroatoms. The van der Waals surface area contributed by atoms with Crippen molar-refractivity contribution >= 4 is 21.8 Å². The summed E-state index contributed by atoms with van der Waals surface area (Å²) in [4.78, 5) is 0. The average Bonchev–Trinajstić information content (AvgIpc) is 2.82. The van der Waals surface area contributed by atoms with Gasteiger partial charge in [0.1, 0.15) is 0 Å². The first-order chi connectivity index (χ1) is 10.1. The maximum absolute atomic E-state index is 5.84. The van der Waals surface area contributed by atoms with Gasteiger partial charge in [-0.1, -0.05) is 50.2 Å². The summed E-state index contributed by atoms with van der Waals surface area (Å²) in [5.74, 6) is 0. The Kier molecular flexibility index (Phi) is 3.73. The molecular formula is C19H24N2. The van der Waals surface area contributed by atoms with Crippen molar-refractivity contribution in [2.45, 2.75) is 33.2 Å². The predicted octanol–water partition coefficient (Wildman–Crippen LogP) is 4.56. The highest BCUT2D eigenvalue weighted by molar-refractivity contribution is 6.07. The van der Waals surface area contributed by atoms with Gasteiger partial charge >= 0.3 is 0 Å². The van der Waals surface area contributed by atoms with E-state index in [4.69, 9.17) is 5.73 Å². The van der Waals surface area contributed by atoms with Crippen LogP contribution >= 0.6 is 0 Å².